The smallest absolute Gasteiger partial charge is 0.133 e. The van der Waals surface area contributed by atoms with Crippen LogP contribution in [0.2, 0.25) is 0 Å². The monoisotopic (exact) mass is 358 g/mol. The van der Waals surface area contributed by atoms with E-state index in [4.69, 9.17) is 4.74 Å². The number of hydrogen-bond donors (Lipinski definition) is 1. The Labute approximate surface area is 119 Å². The molecule has 2 rings (SSSR count). The fraction of sp³-hybridized carbons (Fsp3) is 0.143. The van der Waals surface area contributed by atoms with E-state index in [9.17, 15) is 9.50 Å². The topological polar surface area (TPSA) is 29.5 Å². The molecule has 0 aliphatic carbocycles. The van der Waals surface area contributed by atoms with Crippen molar-refractivity contribution in [3.63, 3.8) is 0 Å². The van der Waals surface area contributed by atoms with Crippen LogP contribution in [0.4, 0.5) is 4.39 Å². The molecule has 2 nitrogen and oxygen atoms in total. The first kappa shape index (κ1) is 13.3. The zero-order valence-corrected chi connectivity index (χ0v) is 11.9. The molecule has 1 N–H and O–H groups in total. The van der Waals surface area contributed by atoms with Gasteiger partial charge in [-0.3, -0.25) is 0 Å². The zero-order chi connectivity index (χ0) is 13.1. The van der Waals surface area contributed by atoms with Crippen molar-refractivity contribution in [3.8, 4) is 11.5 Å². The molecule has 0 unspecified atom stereocenters. The summed E-state index contributed by atoms with van der Waals surface area (Å²) in [7, 11) is 0. The first-order chi connectivity index (χ1) is 8.56. The molecule has 0 saturated carbocycles. The van der Waals surface area contributed by atoms with Crippen molar-refractivity contribution in [1.82, 2.24) is 0 Å². The highest BCUT2D eigenvalue weighted by Crippen LogP contribution is 2.30. The highest BCUT2D eigenvalue weighted by Gasteiger charge is 2.11. The maximum Gasteiger partial charge on any atom is 0.133 e. The first-order valence-electron chi connectivity index (χ1n) is 5.47. The summed E-state index contributed by atoms with van der Waals surface area (Å²) in [5.74, 6) is 0.740. The van der Waals surface area contributed by atoms with E-state index >= 15 is 0 Å². The lowest BCUT2D eigenvalue weighted by atomic mass is 10.1. The van der Waals surface area contributed by atoms with Gasteiger partial charge in [0.2, 0.25) is 0 Å². The number of ether oxygens (including phenoxy) is 1. The Bertz CT molecular complexity index is 555. The van der Waals surface area contributed by atoms with Gasteiger partial charge in [-0.2, -0.15) is 0 Å². The molecule has 0 spiro atoms. The van der Waals surface area contributed by atoms with Crippen molar-refractivity contribution in [1.29, 1.82) is 0 Å². The van der Waals surface area contributed by atoms with Crippen LogP contribution in [-0.2, 0) is 0 Å². The number of benzene rings is 2. The minimum atomic E-state index is -0.779. The molecular formula is C14H12FIO2. The van der Waals surface area contributed by atoms with Gasteiger partial charge in [0, 0.05) is 9.13 Å². The van der Waals surface area contributed by atoms with Crippen LogP contribution in [0.5, 0.6) is 11.5 Å². The molecule has 94 valence electrons. The van der Waals surface area contributed by atoms with Crippen LogP contribution in [0.25, 0.3) is 0 Å². The van der Waals surface area contributed by atoms with Gasteiger partial charge in [0.25, 0.3) is 0 Å². The van der Waals surface area contributed by atoms with Gasteiger partial charge in [-0.15, -0.1) is 0 Å². The van der Waals surface area contributed by atoms with Crippen LogP contribution in [0.1, 0.15) is 18.6 Å². The molecule has 0 saturated heterocycles. The molecule has 4 heteroatoms. The van der Waals surface area contributed by atoms with E-state index in [1.54, 1.807) is 6.92 Å². The standard InChI is InChI=1S/C14H12FIO2/c1-9(17)13-7-10(15)5-6-14(13)18-12-4-2-3-11(16)8-12/h2-9,17H,1H3/t9-/m1/s1. The van der Waals surface area contributed by atoms with E-state index < -0.39 is 6.10 Å². The van der Waals surface area contributed by atoms with Gasteiger partial charge in [0.05, 0.1) is 6.10 Å². The van der Waals surface area contributed by atoms with Gasteiger partial charge in [-0.25, -0.2) is 4.39 Å². The minimum Gasteiger partial charge on any atom is -0.457 e. The molecule has 0 radical (unpaired) electrons. The van der Waals surface area contributed by atoms with Gasteiger partial charge in [0.1, 0.15) is 17.3 Å². The van der Waals surface area contributed by atoms with E-state index in [0.717, 1.165) is 3.57 Å². The fourth-order valence-electron chi connectivity index (χ4n) is 1.60. The van der Waals surface area contributed by atoms with Gasteiger partial charge >= 0.3 is 0 Å². The van der Waals surface area contributed by atoms with E-state index in [-0.39, 0.29) is 5.82 Å². The largest absolute Gasteiger partial charge is 0.457 e. The lowest BCUT2D eigenvalue weighted by Crippen LogP contribution is -1.97. The number of hydrogen-bond acceptors (Lipinski definition) is 2. The second-order valence-electron chi connectivity index (χ2n) is 3.92. The Balaban J connectivity index is 2.34. The molecule has 0 fully saturated rings. The highest BCUT2D eigenvalue weighted by molar-refractivity contribution is 14.1. The molecular weight excluding hydrogens is 346 g/mol. The summed E-state index contributed by atoms with van der Waals surface area (Å²) in [5, 5.41) is 9.61. The maximum absolute atomic E-state index is 13.1. The van der Waals surface area contributed by atoms with E-state index in [1.165, 1.54) is 18.2 Å². The van der Waals surface area contributed by atoms with Crippen LogP contribution in [0.3, 0.4) is 0 Å². The quantitative estimate of drug-likeness (QED) is 0.831. The maximum atomic E-state index is 13.1. The van der Waals surface area contributed by atoms with Gasteiger partial charge < -0.3 is 9.84 Å². The van der Waals surface area contributed by atoms with Crippen molar-refractivity contribution in [2.75, 3.05) is 0 Å². The second-order valence-corrected chi connectivity index (χ2v) is 5.16. The van der Waals surface area contributed by atoms with E-state index in [0.29, 0.717) is 17.1 Å². The van der Waals surface area contributed by atoms with Crippen LogP contribution < -0.4 is 4.74 Å². The van der Waals surface area contributed by atoms with Crippen LogP contribution in [0.15, 0.2) is 42.5 Å². The number of aliphatic hydroxyl groups is 1. The Morgan fingerprint density at radius 2 is 2.00 bits per heavy atom. The molecule has 2 aromatic carbocycles. The lowest BCUT2D eigenvalue weighted by molar-refractivity contribution is 0.195. The van der Waals surface area contributed by atoms with Crippen LogP contribution >= 0.6 is 22.6 Å². The van der Waals surface area contributed by atoms with Gasteiger partial charge in [-0.1, -0.05) is 6.07 Å². The lowest BCUT2D eigenvalue weighted by Gasteiger charge is -2.13. The molecule has 1 atom stereocenters. The summed E-state index contributed by atoms with van der Waals surface area (Å²) in [6.45, 7) is 1.58. The van der Waals surface area contributed by atoms with Crippen LogP contribution in [0, 0.1) is 9.39 Å². The predicted molar refractivity (Wildman–Crippen MR) is 76.3 cm³/mol. The van der Waals surface area contributed by atoms with Crippen LogP contribution in [-0.4, -0.2) is 5.11 Å². The van der Waals surface area contributed by atoms with Crippen molar-refractivity contribution >= 4 is 22.6 Å². The molecule has 0 bridgehead atoms. The Kier molecular flexibility index (Phi) is 4.19. The summed E-state index contributed by atoms with van der Waals surface area (Å²) in [5.41, 5.74) is 0.439. The zero-order valence-electron chi connectivity index (χ0n) is 9.73. The van der Waals surface area contributed by atoms with E-state index in [2.05, 4.69) is 22.6 Å². The number of aliphatic hydroxyl groups excluding tert-OH is 1. The molecule has 0 heterocycles. The van der Waals surface area contributed by atoms with Crippen molar-refractivity contribution in [3.05, 3.63) is 57.4 Å². The Hall–Kier alpha value is -1.14. The minimum absolute atomic E-state index is 0.388. The third-order valence-corrected chi connectivity index (χ3v) is 3.12. The molecule has 2 aromatic rings. The third kappa shape index (κ3) is 3.20. The molecule has 18 heavy (non-hydrogen) atoms. The van der Waals surface area contributed by atoms with Crippen molar-refractivity contribution in [2.24, 2.45) is 0 Å². The average Bonchev–Trinajstić information content (AvgIpc) is 2.31. The number of halogens is 2. The molecule has 0 aromatic heterocycles. The third-order valence-electron chi connectivity index (χ3n) is 2.45. The first-order valence-corrected chi connectivity index (χ1v) is 6.55. The normalized spacial score (nSPS) is 12.2. The van der Waals surface area contributed by atoms with Gasteiger partial charge in [0.15, 0.2) is 0 Å². The predicted octanol–water partition coefficient (Wildman–Crippen LogP) is 4.28. The SMILES string of the molecule is C[C@@H](O)c1cc(F)ccc1Oc1cccc(I)c1. The molecule has 0 aliphatic rings. The van der Waals surface area contributed by atoms with Crippen molar-refractivity contribution < 1.29 is 14.2 Å². The van der Waals surface area contributed by atoms with E-state index in [1.807, 2.05) is 24.3 Å². The average molecular weight is 358 g/mol. The van der Waals surface area contributed by atoms with Gasteiger partial charge in [-0.05, 0) is 65.9 Å². The molecule has 0 amide bonds. The summed E-state index contributed by atoms with van der Waals surface area (Å²) in [6, 6.07) is 11.6. The Morgan fingerprint density at radius 3 is 2.67 bits per heavy atom. The molecule has 0 aliphatic heterocycles. The Morgan fingerprint density at radius 1 is 1.22 bits per heavy atom. The summed E-state index contributed by atoms with van der Waals surface area (Å²) in [6.07, 6.45) is -0.779. The highest BCUT2D eigenvalue weighted by atomic mass is 127. The van der Waals surface area contributed by atoms with Crippen molar-refractivity contribution in [2.45, 2.75) is 13.0 Å². The number of rotatable bonds is 3. The summed E-state index contributed by atoms with van der Waals surface area (Å²) >= 11 is 2.19. The second kappa shape index (κ2) is 5.67. The summed E-state index contributed by atoms with van der Waals surface area (Å²) < 4.78 is 19.9. The summed E-state index contributed by atoms with van der Waals surface area (Å²) in [4.78, 5) is 0. The fourth-order valence-corrected chi connectivity index (χ4v) is 2.11.